The number of aliphatic hydroxyl groups is 1. The standard InChI is InChI=1S/C30H40N2O7S2/c1-22-19-32(23(2)21-33)41(36,37)30-17-16-25(13-9-12-24-10-5-6-11-24)18-27(30)39-28(22)20-31(3)40(34,35)29-15-8-7-14-26(29)38-4/h7-8,14-18,22-24,28,33H,5-6,10-12,19-21H2,1-4H3/t22-,23+,28-/m0/s1. The van der Waals surface area contributed by atoms with Gasteiger partial charge >= 0.3 is 0 Å². The molecule has 0 amide bonds. The van der Waals surface area contributed by atoms with E-state index in [1.165, 1.54) is 60.6 Å². The zero-order valence-electron chi connectivity index (χ0n) is 24.1. The molecule has 0 spiro atoms. The van der Waals surface area contributed by atoms with Gasteiger partial charge < -0.3 is 14.6 Å². The SMILES string of the molecule is COc1ccccc1S(=O)(=O)N(C)C[C@@H]1Oc2cc(C#CCC3CCCC3)ccc2S(=O)(=O)N([C@H](C)CO)C[C@@H]1C. The van der Waals surface area contributed by atoms with Gasteiger partial charge in [-0.15, -0.1) is 0 Å². The van der Waals surface area contributed by atoms with Crippen molar-refractivity contribution in [2.45, 2.75) is 67.9 Å². The number of rotatable bonds is 8. The van der Waals surface area contributed by atoms with E-state index in [0.717, 1.165) is 6.42 Å². The monoisotopic (exact) mass is 604 g/mol. The maximum Gasteiger partial charge on any atom is 0.247 e. The van der Waals surface area contributed by atoms with E-state index in [0.29, 0.717) is 11.5 Å². The molecule has 0 unspecified atom stereocenters. The highest BCUT2D eigenvalue weighted by Crippen LogP contribution is 2.35. The summed E-state index contributed by atoms with van der Waals surface area (Å²) in [5, 5.41) is 9.89. The molecule has 11 heteroatoms. The number of para-hydroxylation sites is 1. The minimum absolute atomic E-state index is 0.0295. The highest BCUT2D eigenvalue weighted by molar-refractivity contribution is 7.89. The molecule has 0 aromatic heterocycles. The first kappa shape index (κ1) is 31.3. The first-order chi connectivity index (χ1) is 19.5. The minimum atomic E-state index is -4.02. The Kier molecular flexibility index (Phi) is 10.0. The Bertz CT molecular complexity index is 1490. The number of fused-ring (bicyclic) bond motifs is 1. The van der Waals surface area contributed by atoms with Gasteiger partial charge in [-0.25, -0.2) is 16.8 Å². The van der Waals surface area contributed by atoms with Gasteiger partial charge in [0.2, 0.25) is 20.0 Å². The normalized spacial score (nSPS) is 22.1. The van der Waals surface area contributed by atoms with Gasteiger partial charge in [0.1, 0.15) is 27.4 Å². The van der Waals surface area contributed by atoms with Crippen LogP contribution in [-0.4, -0.2) is 76.6 Å². The van der Waals surface area contributed by atoms with Gasteiger partial charge in [0.05, 0.1) is 20.3 Å². The van der Waals surface area contributed by atoms with Crippen LogP contribution < -0.4 is 9.47 Å². The zero-order valence-corrected chi connectivity index (χ0v) is 25.7. The van der Waals surface area contributed by atoms with Crippen molar-refractivity contribution in [2.24, 2.45) is 11.8 Å². The molecule has 1 N–H and O–H groups in total. The van der Waals surface area contributed by atoms with E-state index in [4.69, 9.17) is 9.47 Å². The van der Waals surface area contributed by atoms with Gasteiger partial charge in [-0.3, -0.25) is 0 Å². The van der Waals surface area contributed by atoms with Crippen LogP contribution in [0.4, 0.5) is 0 Å². The second kappa shape index (κ2) is 13.1. The summed E-state index contributed by atoms with van der Waals surface area (Å²) < 4.78 is 68.6. The molecule has 1 heterocycles. The molecule has 9 nitrogen and oxygen atoms in total. The van der Waals surface area contributed by atoms with Crippen LogP contribution in [-0.2, 0) is 20.0 Å². The van der Waals surface area contributed by atoms with Crippen molar-refractivity contribution in [2.75, 3.05) is 33.9 Å². The van der Waals surface area contributed by atoms with Crippen molar-refractivity contribution in [3.8, 4) is 23.3 Å². The Labute approximate surface area is 244 Å². The Hall–Kier alpha value is -2.62. The van der Waals surface area contributed by atoms with Crippen molar-refractivity contribution in [1.82, 2.24) is 8.61 Å². The Morgan fingerprint density at radius 1 is 1.20 bits per heavy atom. The number of methoxy groups -OCH3 is 1. The fraction of sp³-hybridized carbons (Fsp3) is 0.533. The number of benzene rings is 2. The predicted octanol–water partition coefficient (Wildman–Crippen LogP) is 3.72. The van der Waals surface area contributed by atoms with Crippen molar-refractivity contribution in [1.29, 1.82) is 0 Å². The third-order valence-corrected chi connectivity index (χ3v) is 11.8. The minimum Gasteiger partial charge on any atom is -0.495 e. The third-order valence-electron chi connectivity index (χ3n) is 7.96. The number of hydrogen-bond donors (Lipinski definition) is 1. The molecule has 4 rings (SSSR count). The topological polar surface area (TPSA) is 113 Å². The Balaban J connectivity index is 1.70. The average molecular weight is 605 g/mol. The number of ether oxygens (including phenoxy) is 2. The van der Waals surface area contributed by atoms with Gasteiger partial charge in [0.15, 0.2) is 0 Å². The van der Waals surface area contributed by atoms with Crippen LogP contribution in [0.25, 0.3) is 0 Å². The van der Waals surface area contributed by atoms with Gasteiger partial charge in [-0.1, -0.05) is 43.7 Å². The second-order valence-corrected chi connectivity index (χ2v) is 14.9. The zero-order chi connectivity index (χ0) is 29.8. The fourth-order valence-electron chi connectivity index (χ4n) is 5.38. The van der Waals surface area contributed by atoms with Crippen LogP contribution in [0.1, 0.15) is 51.5 Å². The largest absolute Gasteiger partial charge is 0.495 e. The smallest absolute Gasteiger partial charge is 0.247 e. The molecule has 224 valence electrons. The van der Waals surface area contributed by atoms with E-state index in [-0.39, 0.29) is 41.0 Å². The maximum atomic E-state index is 13.7. The van der Waals surface area contributed by atoms with Crippen molar-refractivity contribution < 1.29 is 31.4 Å². The molecule has 2 aromatic carbocycles. The number of aliphatic hydroxyl groups excluding tert-OH is 1. The summed E-state index contributed by atoms with van der Waals surface area (Å²) in [5.41, 5.74) is 0.626. The molecule has 1 saturated carbocycles. The van der Waals surface area contributed by atoms with Crippen LogP contribution in [0, 0.1) is 23.7 Å². The molecule has 2 aromatic rings. The maximum absolute atomic E-state index is 13.7. The highest BCUT2D eigenvalue weighted by Gasteiger charge is 2.39. The molecule has 0 saturated heterocycles. The summed E-state index contributed by atoms with van der Waals surface area (Å²) in [6.45, 7) is 3.10. The van der Waals surface area contributed by atoms with Crippen LogP contribution in [0.15, 0.2) is 52.3 Å². The third kappa shape index (κ3) is 6.89. The summed E-state index contributed by atoms with van der Waals surface area (Å²) in [7, 11) is -5.09. The molecule has 1 aliphatic heterocycles. The van der Waals surface area contributed by atoms with E-state index in [1.807, 2.05) is 6.92 Å². The summed E-state index contributed by atoms with van der Waals surface area (Å²) in [4.78, 5) is -0.00638. The van der Waals surface area contributed by atoms with Crippen molar-refractivity contribution in [3.05, 3.63) is 48.0 Å². The number of sulfonamides is 2. The molecular weight excluding hydrogens is 564 g/mol. The summed E-state index contributed by atoms with van der Waals surface area (Å²) >= 11 is 0. The molecule has 2 aliphatic rings. The first-order valence-electron chi connectivity index (χ1n) is 14.0. The Morgan fingerprint density at radius 3 is 2.59 bits per heavy atom. The number of nitrogens with zero attached hydrogens (tertiary/aromatic N) is 2. The van der Waals surface area contributed by atoms with Crippen LogP contribution in [0.5, 0.6) is 11.5 Å². The van der Waals surface area contributed by atoms with Gasteiger partial charge in [-0.2, -0.15) is 8.61 Å². The van der Waals surface area contributed by atoms with E-state index < -0.39 is 38.1 Å². The summed E-state index contributed by atoms with van der Waals surface area (Å²) in [6.07, 6.45) is 4.94. The molecule has 0 bridgehead atoms. The van der Waals surface area contributed by atoms with Gasteiger partial charge in [0, 0.05) is 37.5 Å². The quantitative estimate of drug-likeness (QED) is 0.457. The van der Waals surface area contributed by atoms with E-state index in [9.17, 15) is 21.9 Å². The molecule has 1 fully saturated rings. The first-order valence-corrected chi connectivity index (χ1v) is 16.9. The van der Waals surface area contributed by atoms with Crippen molar-refractivity contribution >= 4 is 20.0 Å². The van der Waals surface area contributed by atoms with Gasteiger partial charge in [0.25, 0.3) is 0 Å². The molecule has 0 radical (unpaired) electrons. The lowest BCUT2D eigenvalue weighted by atomic mass is 10.0. The van der Waals surface area contributed by atoms with Crippen LogP contribution in [0.2, 0.25) is 0 Å². The van der Waals surface area contributed by atoms with E-state index in [2.05, 4.69) is 11.8 Å². The predicted molar refractivity (Wildman–Crippen MR) is 157 cm³/mol. The number of likely N-dealkylation sites (N-methyl/N-ethyl adjacent to an activating group) is 1. The van der Waals surface area contributed by atoms with E-state index in [1.54, 1.807) is 37.3 Å². The highest BCUT2D eigenvalue weighted by atomic mass is 32.2. The lowest BCUT2D eigenvalue weighted by Gasteiger charge is -2.37. The summed E-state index contributed by atoms with van der Waals surface area (Å²) in [6, 6.07) is 10.5. The number of hydrogen-bond acceptors (Lipinski definition) is 7. The molecular formula is C30H40N2O7S2. The second-order valence-electron chi connectivity index (χ2n) is 11.0. The van der Waals surface area contributed by atoms with Crippen molar-refractivity contribution in [3.63, 3.8) is 0 Å². The van der Waals surface area contributed by atoms with E-state index >= 15 is 0 Å². The fourth-order valence-corrected chi connectivity index (χ4v) is 8.55. The average Bonchev–Trinajstić information content (AvgIpc) is 3.48. The van der Waals surface area contributed by atoms with Crippen LogP contribution >= 0.6 is 0 Å². The molecule has 41 heavy (non-hydrogen) atoms. The lowest BCUT2D eigenvalue weighted by Crippen LogP contribution is -2.50. The van der Waals surface area contributed by atoms with Crippen LogP contribution in [0.3, 0.4) is 0 Å². The molecule has 3 atom stereocenters. The van der Waals surface area contributed by atoms with Gasteiger partial charge in [-0.05, 0) is 56.0 Å². The lowest BCUT2D eigenvalue weighted by molar-refractivity contribution is 0.0904. The molecule has 1 aliphatic carbocycles. The Morgan fingerprint density at radius 2 is 1.90 bits per heavy atom. The summed E-state index contributed by atoms with van der Waals surface area (Å²) in [5.74, 6) is 6.92.